The molecule has 0 fully saturated rings. The predicted molar refractivity (Wildman–Crippen MR) is 86.3 cm³/mol. The van der Waals surface area contributed by atoms with E-state index in [1.165, 1.54) is 5.56 Å². The van der Waals surface area contributed by atoms with E-state index in [4.69, 9.17) is 0 Å². The highest BCUT2D eigenvalue weighted by Crippen LogP contribution is 2.15. The quantitative estimate of drug-likeness (QED) is 0.473. The Balaban J connectivity index is 1.89. The van der Waals surface area contributed by atoms with E-state index >= 15 is 0 Å². The zero-order chi connectivity index (χ0) is 14.7. The predicted octanol–water partition coefficient (Wildman–Crippen LogP) is 4.38. The Bertz CT molecular complexity index is 861. The second kappa shape index (κ2) is 5.64. The van der Waals surface area contributed by atoms with Gasteiger partial charge in [-0.3, -0.25) is 4.79 Å². The van der Waals surface area contributed by atoms with Gasteiger partial charge in [-0.15, -0.1) is 0 Å². The fraction of sp³-hybridized carbons (Fsp3) is 0.0500. The van der Waals surface area contributed by atoms with Crippen LogP contribution >= 0.6 is 0 Å². The molecule has 0 aliphatic rings. The molecule has 3 rings (SSSR count). The number of hydrogen-bond donors (Lipinski definition) is 0. The van der Waals surface area contributed by atoms with Gasteiger partial charge in [0.25, 0.3) is 0 Å². The number of Topliss-reactive ketones (excluding diaryl/α,β-unsaturated/α-hetero) is 1. The van der Waals surface area contributed by atoms with Gasteiger partial charge in [-0.2, -0.15) is 0 Å². The van der Waals surface area contributed by atoms with E-state index in [0.717, 1.165) is 16.3 Å². The van der Waals surface area contributed by atoms with Crippen molar-refractivity contribution in [3.05, 3.63) is 83.4 Å². The van der Waals surface area contributed by atoms with Crippen LogP contribution in [0.2, 0.25) is 0 Å². The Morgan fingerprint density at radius 1 is 0.857 bits per heavy atom. The average molecular weight is 270 g/mol. The summed E-state index contributed by atoms with van der Waals surface area (Å²) < 4.78 is 0. The lowest BCUT2D eigenvalue weighted by molar-refractivity contribution is 0.105. The molecule has 1 nitrogen and oxygen atoms in total. The van der Waals surface area contributed by atoms with Crippen molar-refractivity contribution in [1.82, 2.24) is 0 Å². The average Bonchev–Trinajstić information content (AvgIpc) is 2.53. The first-order valence-electron chi connectivity index (χ1n) is 6.84. The second-order valence-corrected chi connectivity index (χ2v) is 5.01. The molecule has 3 aromatic carbocycles. The molecule has 100 valence electrons. The van der Waals surface area contributed by atoms with Crippen molar-refractivity contribution in [2.75, 3.05) is 0 Å². The van der Waals surface area contributed by atoms with Gasteiger partial charge in [0.15, 0.2) is 0 Å². The number of aryl methyl sites for hydroxylation is 1. The first-order chi connectivity index (χ1) is 10.2. The standard InChI is InChI=1S/C20H14O/c1-15-6-8-16(9-7-15)10-13-20(21)19-12-11-17-4-2-3-5-18(17)14-19/h2-9,11-12,14H,1H3. The third-order valence-corrected chi connectivity index (χ3v) is 3.38. The summed E-state index contributed by atoms with van der Waals surface area (Å²) in [5.41, 5.74) is 2.67. The topological polar surface area (TPSA) is 17.1 Å². The third-order valence-electron chi connectivity index (χ3n) is 3.38. The van der Waals surface area contributed by atoms with Gasteiger partial charge in [0, 0.05) is 11.1 Å². The van der Waals surface area contributed by atoms with E-state index in [1.807, 2.05) is 73.7 Å². The fourth-order valence-corrected chi connectivity index (χ4v) is 2.17. The maximum atomic E-state index is 12.2. The van der Waals surface area contributed by atoms with E-state index in [-0.39, 0.29) is 5.78 Å². The van der Waals surface area contributed by atoms with Crippen LogP contribution in [0, 0.1) is 18.8 Å². The maximum absolute atomic E-state index is 12.2. The van der Waals surface area contributed by atoms with Gasteiger partial charge in [0.05, 0.1) is 0 Å². The molecule has 0 aliphatic heterocycles. The summed E-state index contributed by atoms with van der Waals surface area (Å²) in [4.78, 5) is 12.2. The molecular formula is C20H14O. The molecule has 0 saturated heterocycles. The molecule has 3 aromatic rings. The molecule has 0 atom stereocenters. The first-order valence-corrected chi connectivity index (χ1v) is 6.84. The number of carbonyl (C=O) groups is 1. The largest absolute Gasteiger partial charge is 0.279 e. The van der Waals surface area contributed by atoms with Gasteiger partial charge < -0.3 is 0 Å². The second-order valence-electron chi connectivity index (χ2n) is 5.01. The summed E-state index contributed by atoms with van der Waals surface area (Å²) in [6, 6.07) is 21.5. The van der Waals surface area contributed by atoms with E-state index in [2.05, 4.69) is 11.8 Å². The van der Waals surface area contributed by atoms with Crippen LogP contribution in [0.3, 0.4) is 0 Å². The molecule has 0 saturated carbocycles. The maximum Gasteiger partial charge on any atom is 0.236 e. The zero-order valence-corrected chi connectivity index (χ0v) is 11.8. The molecule has 0 heterocycles. The van der Waals surface area contributed by atoms with Crippen molar-refractivity contribution in [3.63, 3.8) is 0 Å². The van der Waals surface area contributed by atoms with Crippen molar-refractivity contribution in [1.29, 1.82) is 0 Å². The normalized spacial score (nSPS) is 9.95. The van der Waals surface area contributed by atoms with E-state index in [0.29, 0.717) is 5.56 Å². The molecule has 21 heavy (non-hydrogen) atoms. The summed E-state index contributed by atoms with van der Waals surface area (Å²) in [5, 5.41) is 2.18. The molecule has 0 N–H and O–H groups in total. The van der Waals surface area contributed by atoms with Crippen LogP contribution in [0.25, 0.3) is 10.8 Å². The summed E-state index contributed by atoms with van der Waals surface area (Å²) in [6.45, 7) is 2.03. The number of carbonyl (C=O) groups excluding carboxylic acids is 1. The van der Waals surface area contributed by atoms with Crippen molar-refractivity contribution in [2.24, 2.45) is 0 Å². The minimum Gasteiger partial charge on any atom is -0.279 e. The summed E-state index contributed by atoms with van der Waals surface area (Å²) >= 11 is 0. The SMILES string of the molecule is Cc1ccc(C#CC(=O)c2ccc3ccccc3c2)cc1. The van der Waals surface area contributed by atoms with Crippen LogP contribution in [0.1, 0.15) is 21.5 Å². The molecule has 0 aromatic heterocycles. The molecule has 0 radical (unpaired) electrons. The van der Waals surface area contributed by atoms with Crippen LogP contribution < -0.4 is 0 Å². The first kappa shape index (κ1) is 13.1. The highest BCUT2D eigenvalue weighted by atomic mass is 16.1. The minimum absolute atomic E-state index is 0.152. The van der Waals surface area contributed by atoms with Crippen molar-refractivity contribution >= 4 is 16.6 Å². The van der Waals surface area contributed by atoms with Crippen molar-refractivity contribution in [3.8, 4) is 11.8 Å². The fourth-order valence-electron chi connectivity index (χ4n) is 2.17. The minimum atomic E-state index is -0.152. The Kier molecular flexibility index (Phi) is 3.53. The van der Waals surface area contributed by atoms with Crippen molar-refractivity contribution < 1.29 is 4.79 Å². The van der Waals surface area contributed by atoms with Gasteiger partial charge in [0.1, 0.15) is 0 Å². The smallest absolute Gasteiger partial charge is 0.236 e. The van der Waals surface area contributed by atoms with Gasteiger partial charge >= 0.3 is 0 Å². The lowest BCUT2D eigenvalue weighted by Gasteiger charge is -1.99. The van der Waals surface area contributed by atoms with E-state index in [9.17, 15) is 4.79 Å². The summed E-state index contributed by atoms with van der Waals surface area (Å²) in [7, 11) is 0. The third kappa shape index (κ3) is 3.01. The van der Waals surface area contributed by atoms with Crippen LogP contribution in [0.5, 0.6) is 0 Å². The molecular weight excluding hydrogens is 256 g/mol. The van der Waals surface area contributed by atoms with Gasteiger partial charge in [-0.05, 0) is 47.9 Å². The van der Waals surface area contributed by atoms with Gasteiger partial charge in [-0.25, -0.2) is 0 Å². The summed E-state index contributed by atoms with van der Waals surface area (Å²) in [5.74, 6) is 5.48. The number of hydrogen-bond acceptors (Lipinski definition) is 1. The van der Waals surface area contributed by atoms with Gasteiger partial charge in [-0.1, -0.05) is 53.9 Å². The zero-order valence-electron chi connectivity index (χ0n) is 11.8. The Hall–Kier alpha value is -2.85. The van der Waals surface area contributed by atoms with E-state index in [1.54, 1.807) is 0 Å². The molecule has 1 heteroatoms. The lowest BCUT2D eigenvalue weighted by Crippen LogP contribution is -1.94. The number of rotatable bonds is 1. The Labute approximate surface area is 124 Å². The highest BCUT2D eigenvalue weighted by molar-refractivity contribution is 6.10. The van der Waals surface area contributed by atoms with Crippen molar-refractivity contribution in [2.45, 2.75) is 6.92 Å². The monoisotopic (exact) mass is 270 g/mol. The molecule has 0 bridgehead atoms. The molecule has 0 aliphatic carbocycles. The van der Waals surface area contributed by atoms with Crippen LogP contribution in [0.15, 0.2) is 66.7 Å². The molecule has 0 spiro atoms. The lowest BCUT2D eigenvalue weighted by atomic mass is 10.0. The van der Waals surface area contributed by atoms with Crippen LogP contribution in [0.4, 0.5) is 0 Å². The highest BCUT2D eigenvalue weighted by Gasteiger charge is 2.03. The molecule has 0 amide bonds. The number of ketones is 1. The van der Waals surface area contributed by atoms with Crippen LogP contribution in [-0.4, -0.2) is 5.78 Å². The van der Waals surface area contributed by atoms with E-state index < -0.39 is 0 Å². The van der Waals surface area contributed by atoms with Crippen LogP contribution in [-0.2, 0) is 0 Å². The number of benzene rings is 3. The van der Waals surface area contributed by atoms with Gasteiger partial charge in [0.2, 0.25) is 5.78 Å². The Morgan fingerprint density at radius 3 is 2.33 bits per heavy atom. The number of fused-ring (bicyclic) bond motifs is 1. The summed E-state index contributed by atoms with van der Waals surface area (Å²) in [6.07, 6.45) is 0. The Morgan fingerprint density at radius 2 is 1.57 bits per heavy atom. The molecule has 0 unspecified atom stereocenters.